The molecule has 2 nitrogen and oxygen atoms in total. The molecular formula is C10H7Cl2NO. The molecule has 4 heteroatoms. The molecule has 1 aliphatic heterocycles. The Bertz CT molecular complexity index is 426. The van der Waals surface area contributed by atoms with E-state index in [1.165, 1.54) is 0 Å². The minimum Gasteiger partial charge on any atom is -0.297 e. The second kappa shape index (κ2) is 3.71. The monoisotopic (exact) mass is 227 g/mol. The smallest absolute Gasteiger partial charge is 0.158 e. The molecule has 0 radical (unpaired) electrons. The number of fused-ring (bicyclic) bond motifs is 1. The predicted molar refractivity (Wildman–Crippen MR) is 57.4 cm³/mol. The molecule has 0 saturated heterocycles. The number of ketones is 1. The number of aliphatic imine (C=N–C) groups is 1. The van der Waals surface area contributed by atoms with Crippen LogP contribution in [-0.4, -0.2) is 17.5 Å². The normalized spacial score (nSPS) is 15.9. The molecule has 0 unspecified atom stereocenters. The van der Waals surface area contributed by atoms with Gasteiger partial charge in [0.05, 0.1) is 6.54 Å². The first-order valence-corrected chi connectivity index (χ1v) is 4.93. The van der Waals surface area contributed by atoms with Crippen LogP contribution in [0, 0.1) is 0 Å². The maximum Gasteiger partial charge on any atom is 0.158 e. The van der Waals surface area contributed by atoms with Crippen molar-refractivity contribution in [2.45, 2.75) is 6.42 Å². The summed E-state index contributed by atoms with van der Waals surface area (Å²) in [6.45, 7) is 0.158. The van der Waals surface area contributed by atoms with E-state index in [1.807, 2.05) is 6.07 Å². The van der Waals surface area contributed by atoms with Crippen molar-refractivity contribution in [2.24, 2.45) is 4.99 Å². The molecule has 14 heavy (non-hydrogen) atoms. The first kappa shape index (κ1) is 9.69. The average Bonchev–Trinajstić information content (AvgIpc) is 2.29. The maximum atomic E-state index is 11.3. The Morgan fingerprint density at radius 1 is 1.29 bits per heavy atom. The third kappa shape index (κ3) is 1.81. The minimum absolute atomic E-state index is 0.0734. The molecule has 1 aliphatic rings. The van der Waals surface area contributed by atoms with Crippen LogP contribution in [0.25, 0.3) is 0 Å². The van der Waals surface area contributed by atoms with Crippen LogP contribution in [0.2, 0.25) is 5.02 Å². The molecule has 1 aromatic rings. The van der Waals surface area contributed by atoms with Crippen LogP contribution in [0.1, 0.15) is 11.1 Å². The van der Waals surface area contributed by atoms with Crippen LogP contribution < -0.4 is 0 Å². The van der Waals surface area contributed by atoms with Crippen molar-refractivity contribution in [2.75, 3.05) is 6.54 Å². The summed E-state index contributed by atoms with van der Waals surface area (Å²) in [4.78, 5) is 15.2. The van der Waals surface area contributed by atoms with Crippen molar-refractivity contribution >= 4 is 34.2 Å². The molecule has 0 amide bonds. The van der Waals surface area contributed by atoms with Crippen molar-refractivity contribution in [3.63, 3.8) is 0 Å². The summed E-state index contributed by atoms with van der Waals surface area (Å²) in [6, 6.07) is 5.31. The Morgan fingerprint density at radius 3 is 2.86 bits per heavy atom. The molecule has 0 saturated carbocycles. The molecule has 0 atom stereocenters. The zero-order chi connectivity index (χ0) is 10.1. The number of carbonyl (C=O) groups excluding carboxylic acids is 1. The highest BCUT2D eigenvalue weighted by Gasteiger charge is 2.15. The molecule has 1 aromatic carbocycles. The second-order valence-electron chi connectivity index (χ2n) is 3.12. The quantitative estimate of drug-likeness (QED) is 0.670. The van der Waals surface area contributed by atoms with Gasteiger partial charge >= 0.3 is 0 Å². The van der Waals surface area contributed by atoms with Gasteiger partial charge in [-0.1, -0.05) is 29.3 Å². The van der Waals surface area contributed by atoms with Crippen LogP contribution >= 0.6 is 23.2 Å². The van der Waals surface area contributed by atoms with E-state index in [0.717, 1.165) is 11.1 Å². The van der Waals surface area contributed by atoms with Gasteiger partial charge in [0, 0.05) is 17.0 Å². The highest BCUT2D eigenvalue weighted by Crippen LogP contribution is 2.21. The lowest BCUT2D eigenvalue weighted by atomic mass is 10.0. The van der Waals surface area contributed by atoms with E-state index < -0.39 is 0 Å². The fourth-order valence-electron chi connectivity index (χ4n) is 1.41. The van der Waals surface area contributed by atoms with Gasteiger partial charge in [-0.2, -0.15) is 0 Å². The topological polar surface area (TPSA) is 29.4 Å². The van der Waals surface area contributed by atoms with E-state index in [0.29, 0.717) is 16.6 Å². The minimum atomic E-state index is 0.0734. The highest BCUT2D eigenvalue weighted by atomic mass is 35.5. The van der Waals surface area contributed by atoms with Gasteiger partial charge in [-0.3, -0.25) is 9.79 Å². The number of halogens is 2. The SMILES string of the molecule is O=C1CN=C(Cl)c2cc(Cl)ccc2C1. The zero-order valence-corrected chi connectivity index (χ0v) is 8.77. The molecule has 2 rings (SSSR count). The maximum absolute atomic E-state index is 11.3. The van der Waals surface area contributed by atoms with Crippen LogP contribution in [0.4, 0.5) is 0 Å². The van der Waals surface area contributed by atoms with Gasteiger partial charge in [0.15, 0.2) is 5.78 Å². The lowest BCUT2D eigenvalue weighted by molar-refractivity contribution is -0.117. The number of benzene rings is 1. The molecule has 0 aromatic heterocycles. The Kier molecular flexibility index (Phi) is 2.57. The zero-order valence-electron chi connectivity index (χ0n) is 7.26. The van der Waals surface area contributed by atoms with Gasteiger partial charge in [-0.15, -0.1) is 0 Å². The van der Waals surface area contributed by atoms with Crippen LogP contribution in [0.3, 0.4) is 0 Å². The number of carbonyl (C=O) groups is 1. The summed E-state index contributed by atoms with van der Waals surface area (Å²) in [6.07, 6.45) is 0.381. The van der Waals surface area contributed by atoms with Crippen molar-refractivity contribution < 1.29 is 4.79 Å². The number of hydrogen-bond acceptors (Lipinski definition) is 2. The van der Waals surface area contributed by atoms with Crippen LogP contribution in [0.15, 0.2) is 23.2 Å². The number of Topliss-reactive ketones (excluding diaryl/α,β-unsaturated/α-hetero) is 1. The van der Waals surface area contributed by atoms with Crippen molar-refractivity contribution in [1.82, 2.24) is 0 Å². The highest BCUT2D eigenvalue weighted by molar-refractivity contribution is 6.70. The Balaban J connectivity index is 2.57. The summed E-state index contributed by atoms with van der Waals surface area (Å²) in [5, 5.41) is 0.972. The van der Waals surface area contributed by atoms with Crippen molar-refractivity contribution in [3.8, 4) is 0 Å². The number of rotatable bonds is 0. The Hall–Kier alpha value is -0.860. The van der Waals surface area contributed by atoms with Gasteiger partial charge in [0.2, 0.25) is 0 Å². The van der Waals surface area contributed by atoms with E-state index >= 15 is 0 Å². The Morgan fingerprint density at radius 2 is 2.07 bits per heavy atom. The average molecular weight is 228 g/mol. The largest absolute Gasteiger partial charge is 0.297 e. The molecule has 72 valence electrons. The van der Waals surface area contributed by atoms with E-state index in [9.17, 15) is 4.79 Å². The molecule has 0 spiro atoms. The first-order valence-electron chi connectivity index (χ1n) is 4.17. The summed E-state index contributed by atoms with van der Waals surface area (Å²) in [7, 11) is 0. The second-order valence-corrected chi connectivity index (χ2v) is 3.92. The van der Waals surface area contributed by atoms with Gasteiger partial charge < -0.3 is 0 Å². The fourth-order valence-corrected chi connectivity index (χ4v) is 1.81. The van der Waals surface area contributed by atoms with Crippen LogP contribution in [-0.2, 0) is 11.2 Å². The van der Waals surface area contributed by atoms with Gasteiger partial charge in [0.25, 0.3) is 0 Å². The molecule has 0 bridgehead atoms. The summed E-state index contributed by atoms with van der Waals surface area (Å²) < 4.78 is 0. The van der Waals surface area contributed by atoms with E-state index in [1.54, 1.807) is 12.1 Å². The standard InChI is InChI=1S/C10H7Cl2NO/c11-7-2-1-6-3-8(14)5-13-10(12)9(6)4-7/h1-2,4H,3,5H2. The third-order valence-corrected chi connectivity index (χ3v) is 2.63. The van der Waals surface area contributed by atoms with Crippen LogP contribution in [0.5, 0.6) is 0 Å². The lowest BCUT2D eigenvalue weighted by Crippen LogP contribution is -2.04. The number of nitrogens with zero attached hydrogens (tertiary/aromatic N) is 1. The molecular weight excluding hydrogens is 221 g/mol. The predicted octanol–water partition coefficient (Wildman–Crippen LogP) is 2.45. The third-order valence-electron chi connectivity index (χ3n) is 2.08. The Labute approximate surface area is 91.5 Å². The summed E-state index contributed by atoms with van der Waals surface area (Å²) >= 11 is 11.8. The molecule has 0 fully saturated rings. The van der Waals surface area contributed by atoms with Gasteiger partial charge in [-0.25, -0.2) is 0 Å². The molecule has 1 heterocycles. The molecule has 0 N–H and O–H groups in total. The number of hydrogen-bond donors (Lipinski definition) is 0. The van der Waals surface area contributed by atoms with E-state index in [-0.39, 0.29) is 12.3 Å². The first-order chi connectivity index (χ1) is 6.66. The van der Waals surface area contributed by atoms with E-state index in [4.69, 9.17) is 23.2 Å². The van der Waals surface area contributed by atoms with E-state index in [2.05, 4.69) is 4.99 Å². The van der Waals surface area contributed by atoms with Gasteiger partial charge in [0.1, 0.15) is 5.17 Å². The van der Waals surface area contributed by atoms with Crippen molar-refractivity contribution in [1.29, 1.82) is 0 Å². The summed E-state index contributed by atoms with van der Waals surface area (Å²) in [5.74, 6) is 0.0734. The molecule has 0 aliphatic carbocycles. The fraction of sp³-hybridized carbons (Fsp3) is 0.200. The van der Waals surface area contributed by atoms with Gasteiger partial charge in [-0.05, 0) is 17.7 Å². The van der Waals surface area contributed by atoms with Crippen molar-refractivity contribution in [3.05, 3.63) is 34.3 Å². The summed E-state index contributed by atoms with van der Waals surface area (Å²) in [5.41, 5.74) is 1.66. The lowest BCUT2D eigenvalue weighted by Gasteiger charge is -2.03.